The lowest BCUT2D eigenvalue weighted by molar-refractivity contribution is -0.0257. The quantitative estimate of drug-likeness (QED) is 0.765. The van der Waals surface area contributed by atoms with Crippen LogP contribution in [0.5, 0.6) is 0 Å². The third-order valence-electron chi connectivity index (χ3n) is 2.12. The van der Waals surface area contributed by atoms with Gasteiger partial charge in [0.25, 0.3) is 10.0 Å². The van der Waals surface area contributed by atoms with Crippen LogP contribution in [0, 0.1) is 0 Å². The third kappa shape index (κ3) is 1.69. The van der Waals surface area contributed by atoms with Crippen LogP contribution in [-0.4, -0.2) is 35.8 Å². The Balaban J connectivity index is 2.68. The molecule has 0 aliphatic heterocycles. The van der Waals surface area contributed by atoms with Crippen LogP contribution in [0.4, 0.5) is 0 Å². The van der Waals surface area contributed by atoms with Crippen molar-refractivity contribution < 1.29 is 13.3 Å². The lowest BCUT2D eigenvalue weighted by Crippen LogP contribution is -2.25. The number of rotatable bonds is 3. The Morgan fingerprint density at radius 1 is 1.38 bits per heavy atom. The van der Waals surface area contributed by atoms with E-state index in [1.54, 1.807) is 12.1 Å². The van der Waals surface area contributed by atoms with E-state index in [1.807, 2.05) is 0 Å². The van der Waals surface area contributed by atoms with E-state index in [0.29, 0.717) is 11.0 Å². The van der Waals surface area contributed by atoms with Crippen molar-refractivity contribution in [3.05, 3.63) is 18.2 Å². The van der Waals surface area contributed by atoms with Crippen LogP contribution in [0.15, 0.2) is 23.1 Å². The van der Waals surface area contributed by atoms with Crippen LogP contribution in [-0.2, 0) is 14.9 Å². The molecule has 0 bridgehead atoms. The standard InChI is InChI=1S/C8H9N3O3S2/c1-11(14-2)16(12,13)7-5-3-4-6-8(7)10-15-9-6/h3-5H,1-2H3. The summed E-state index contributed by atoms with van der Waals surface area (Å²) >= 11 is 0.979. The summed E-state index contributed by atoms with van der Waals surface area (Å²) in [6.07, 6.45) is 0. The monoisotopic (exact) mass is 259 g/mol. The van der Waals surface area contributed by atoms with Crippen molar-refractivity contribution in [2.75, 3.05) is 14.2 Å². The summed E-state index contributed by atoms with van der Waals surface area (Å²) in [6, 6.07) is 4.82. The molecule has 8 heteroatoms. The molecular weight excluding hydrogens is 250 g/mol. The molecule has 0 fully saturated rings. The second-order valence-electron chi connectivity index (χ2n) is 2.99. The molecular formula is C8H9N3O3S2. The van der Waals surface area contributed by atoms with Gasteiger partial charge in [0.05, 0.1) is 18.8 Å². The highest BCUT2D eigenvalue weighted by Crippen LogP contribution is 2.23. The number of nitrogens with zero attached hydrogens (tertiary/aromatic N) is 3. The van der Waals surface area contributed by atoms with Crippen molar-refractivity contribution in [1.29, 1.82) is 0 Å². The molecule has 1 aromatic heterocycles. The van der Waals surface area contributed by atoms with E-state index in [9.17, 15) is 8.42 Å². The summed E-state index contributed by atoms with van der Waals surface area (Å²) in [7, 11) is -1.05. The molecule has 0 amide bonds. The minimum atomic E-state index is -3.67. The van der Waals surface area contributed by atoms with Gasteiger partial charge in [-0.2, -0.15) is 8.75 Å². The Bertz CT molecular complexity index is 608. The zero-order chi connectivity index (χ0) is 11.8. The zero-order valence-corrected chi connectivity index (χ0v) is 10.2. The maximum atomic E-state index is 12.0. The number of hydrogen-bond donors (Lipinski definition) is 0. The summed E-state index contributed by atoms with van der Waals surface area (Å²) < 4.78 is 32.8. The molecule has 86 valence electrons. The summed E-state index contributed by atoms with van der Waals surface area (Å²) in [4.78, 5) is 4.80. The maximum Gasteiger partial charge on any atom is 0.267 e. The smallest absolute Gasteiger partial charge is 0.267 e. The molecule has 0 atom stereocenters. The van der Waals surface area contributed by atoms with E-state index in [0.717, 1.165) is 16.2 Å². The molecule has 2 rings (SSSR count). The van der Waals surface area contributed by atoms with Gasteiger partial charge in [-0.05, 0) is 12.1 Å². The number of sulfonamides is 1. The zero-order valence-electron chi connectivity index (χ0n) is 8.61. The largest absolute Gasteiger partial charge is 0.288 e. The second kappa shape index (κ2) is 4.06. The summed E-state index contributed by atoms with van der Waals surface area (Å²) in [6.45, 7) is 0. The van der Waals surface area contributed by atoms with Gasteiger partial charge in [-0.3, -0.25) is 4.84 Å². The predicted octanol–water partition coefficient (Wildman–Crippen LogP) is 0.873. The van der Waals surface area contributed by atoms with Gasteiger partial charge in [-0.15, -0.1) is 0 Å². The van der Waals surface area contributed by atoms with Crippen LogP contribution in [0.25, 0.3) is 11.0 Å². The molecule has 0 radical (unpaired) electrons. The fourth-order valence-electron chi connectivity index (χ4n) is 1.23. The molecule has 2 aromatic rings. The Hall–Kier alpha value is -1.09. The molecule has 0 N–H and O–H groups in total. The van der Waals surface area contributed by atoms with Gasteiger partial charge >= 0.3 is 0 Å². The van der Waals surface area contributed by atoms with Crippen LogP contribution < -0.4 is 0 Å². The van der Waals surface area contributed by atoms with Crippen molar-refractivity contribution in [2.24, 2.45) is 0 Å². The first-order chi connectivity index (χ1) is 7.57. The molecule has 1 heterocycles. The van der Waals surface area contributed by atoms with Crippen LogP contribution in [0.3, 0.4) is 0 Å². The fraction of sp³-hybridized carbons (Fsp3) is 0.250. The molecule has 16 heavy (non-hydrogen) atoms. The average Bonchev–Trinajstić information content (AvgIpc) is 2.75. The van der Waals surface area contributed by atoms with Gasteiger partial charge in [0.15, 0.2) is 0 Å². The van der Waals surface area contributed by atoms with Gasteiger partial charge in [0, 0.05) is 7.05 Å². The van der Waals surface area contributed by atoms with Crippen molar-refractivity contribution in [2.45, 2.75) is 4.90 Å². The van der Waals surface area contributed by atoms with Gasteiger partial charge in [-0.25, -0.2) is 8.42 Å². The highest BCUT2D eigenvalue weighted by molar-refractivity contribution is 7.89. The number of hydrogen-bond acceptors (Lipinski definition) is 6. The minimum absolute atomic E-state index is 0.100. The Kier molecular flexibility index (Phi) is 2.89. The van der Waals surface area contributed by atoms with E-state index >= 15 is 0 Å². The van der Waals surface area contributed by atoms with E-state index in [-0.39, 0.29) is 4.90 Å². The van der Waals surface area contributed by atoms with Gasteiger partial charge < -0.3 is 0 Å². The number of benzene rings is 1. The Morgan fingerprint density at radius 2 is 2.12 bits per heavy atom. The highest BCUT2D eigenvalue weighted by Gasteiger charge is 2.24. The first kappa shape index (κ1) is 11.4. The molecule has 6 nitrogen and oxygen atoms in total. The summed E-state index contributed by atoms with van der Waals surface area (Å²) in [5, 5.41) is 0. The first-order valence-corrected chi connectivity index (χ1v) is 6.48. The molecule has 0 aliphatic carbocycles. The molecule has 0 saturated carbocycles. The van der Waals surface area contributed by atoms with Crippen molar-refractivity contribution in [1.82, 2.24) is 13.2 Å². The Labute approximate surface area is 96.8 Å². The van der Waals surface area contributed by atoms with Gasteiger partial charge in [0.2, 0.25) is 0 Å². The van der Waals surface area contributed by atoms with Crippen molar-refractivity contribution in [3.8, 4) is 0 Å². The molecule has 1 aromatic carbocycles. The lowest BCUT2D eigenvalue weighted by atomic mass is 10.3. The summed E-state index contributed by atoms with van der Waals surface area (Å²) in [5.74, 6) is 0. The SMILES string of the molecule is CON(C)S(=O)(=O)c1cccc2nsnc12. The second-order valence-corrected chi connectivity index (χ2v) is 5.42. The Morgan fingerprint density at radius 3 is 2.81 bits per heavy atom. The normalized spacial score (nSPS) is 12.4. The van der Waals surface area contributed by atoms with E-state index < -0.39 is 10.0 Å². The van der Waals surface area contributed by atoms with E-state index in [1.165, 1.54) is 20.2 Å². The molecule has 0 aliphatic rings. The number of hydroxylamine groups is 1. The third-order valence-corrected chi connectivity index (χ3v) is 4.38. The van der Waals surface area contributed by atoms with Crippen LogP contribution >= 0.6 is 11.7 Å². The predicted molar refractivity (Wildman–Crippen MR) is 59.4 cm³/mol. The van der Waals surface area contributed by atoms with Crippen LogP contribution in [0.2, 0.25) is 0 Å². The highest BCUT2D eigenvalue weighted by atomic mass is 32.2. The van der Waals surface area contributed by atoms with Gasteiger partial charge in [0.1, 0.15) is 15.9 Å². The molecule has 0 spiro atoms. The minimum Gasteiger partial charge on any atom is -0.288 e. The van der Waals surface area contributed by atoms with Gasteiger partial charge in [-0.1, -0.05) is 10.5 Å². The van der Waals surface area contributed by atoms with E-state index in [2.05, 4.69) is 8.75 Å². The molecule has 0 unspecified atom stereocenters. The van der Waals surface area contributed by atoms with E-state index in [4.69, 9.17) is 4.84 Å². The average molecular weight is 259 g/mol. The fourth-order valence-corrected chi connectivity index (χ4v) is 2.95. The van der Waals surface area contributed by atoms with Crippen LogP contribution in [0.1, 0.15) is 0 Å². The first-order valence-electron chi connectivity index (χ1n) is 4.31. The van der Waals surface area contributed by atoms with Crippen molar-refractivity contribution in [3.63, 3.8) is 0 Å². The number of fused-ring (bicyclic) bond motifs is 1. The topological polar surface area (TPSA) is 72.4 Å². The number of aromatic nitrogens is 2. The van der Waals surface area contributed by atoms with Crippen molar-refractivity contribution >= 4 is 32.8 Å². The summed E-state index contributed by atoms with van der Waals surface area (Å²) in [5.41, 5.74) is 0.937. The maximum absolute atomic E-state index is 12.0. The lowest BCUT2D eigenvalue weighted by Gasteiger charge is -2.13. The molecule has 0 saturated heterocycles.